The van der Waals surface area contributed by atoms with Crippen molar-refractivity contribution in [1.82, 2.24) is 25.0 Å². The van der Waals surface area contributed by atoms with E-state index in [1.165, 1.54) is 36.9 Å². The molecule has 1 aromatic carbocycles. The van der Waals surface area contributed by atoms with Crippen LogP contribution in [0.5, 0.6) is 0 Å². The predicted molar refractivity (Wildman–Crippen MR) is 162 cm³/mol. The SMILES string of the molecule is O=C1CCC(N2C(=O)c3ccc(NC[C@H]4C[C@H](n5cc(-c6cccc(N7CCCC7)n6)c(C6CC6)n5)C4)cc3C2=O)C(=O)N1. The van der Waals surface area contributed by atoms with E-state index in [0.29, 0.717) is 17.9 Å². The number of nitrogens with one attached hydrogen (secondary N) is 2. The van der Waals surface area contributed by atoms with E-state index < -0.39 is 23.8 Å². The molecular weight excluding hydrogens is 558 g/mol. The van der Waals surface area contributed by atoms with Crippen molar-refractivity contribution in [2.75, 3.05) is 29.9 Å². The van der Waals surface area contributed by atoms with E-state index in [0.717, 1.165) is 54.6 Å². The zero-order valence-corrected chi connectivity index (χ0v) is 24.5. The zero-order chi connectivity index (χ0) is 29.9. The summed E-state index contributed by atoms with van der Waals surface area (Å²) in [6.07, 6.45) is 9.28. The second-order valence-electron chi connectivity index (χ2n) is 12.8. The molecule has 2 N–H and O–H groups in total. The molecule has 2 saturated carbocycles. The molecular formula is C33H35N7O4. The second kappa shape index (κ2) is 10.6. The number of aromatic nitrogens is 3. The van der Waals surface area contributed by atoms with Gasteiger partial charge in [-0.1, -0.05) is 6.07 Å². The molecule has 226 valence electrons. The van der Waals surface area contributed by atoms with Gasteiger partial charge in [0.1, 0.15) is 11.9 Å². The Hall–Kier alpha value is -4.54. The lowest BCUT2D eigenvalue weighted by Gasteiger charge is -2.35. The molecule has 11 nitrogen and oxygen atoms in total. The van der Waals surface area contributed by atoms with Crippen molar-refractivity contribution >= 4 is 35.1 Å². The molecule has 3 aromatic rings. The van der Waals surface area contributed by atoms with Crippen LogP contribution in [-0.4, -0.2) is 69.0 Å². The fraction of sp³-hybridized carbons (Fsp3) is 0.455. The minimum atomic E-state index is -0.962. The standard InChI is InChI=1S/C33H35N7O4/c41-29-11-10-27(31(42)36-29)40-32(43)23-9-8-21(16-24(23)33(40)44)34-17-19-14-22(15-19)39-18-25(30(37-39)20-6-7-20)26-4-3-5-28(35-26)38-12-1-2-13-38/h3-5,8-9,16,18-20,22,27,34H,1-2,6-7,10-15,17H2,(H,36,41,42)/t19-,22-,27?. The van der Waals surface area contributed by atoms with Gasteiger partial charge in [0.25, 0.3) is 11.8 Å². The quantitative estimate of drug-likeness (QED) is 0.377. The van der Waals surface area contributed by atoms with Crippen molar-refractivity contribution in [3.63, 3.8) is 0 Å². The molecule has 5 heterocycles. The number of pyridine rings is 1. The minimum absolute atomic E-state index is 0.101. The molecule has 0 radical (unpaired) electrons. The van der Waals surface area contributed by atoms with Crippen molar-refractivity contribution in [1.29, 1.82) is 0 Å². The molecule has 4 fully saturated rings. The third-order valence-electron chi connectivity index (χ3n) is 9.78. The lowest BCUT2D eigenvalue weighted by atomic mass is 9.80. The second-order valence-corrected chi connectivity index (χ2v) is 12.8. The Labute approximate surface area is 255 Å². The number of anilines is 2. The van der Waals surface area contributed by atoms with Crippen LogP contribution in [0.25, 0.3) is 11.3 Å². The summed E-state index contributed by atoms with van der Waals surface area (Å²) in [4.78, 5) is 58.4. The number of benzene rings is 1. The average molecular weight is 594 g/mol. The number of hydrogen-bond acceptors (Lipinski definition) is 8. The number of imide groups is 2. The zero-order valence-electron chi connectivity index (χ0n) is 24.5. The Morgan fingerprint density at radius 2 is 1.70 bits per heavy atom. The first-order valence-corrected chi connectivity index (χ1v) is 15.8. The van der Waals surface area contributed by atoms with Crippen LogP contribution in [0.2, 0.25) is 0 Å². The molecule has 2 aromatic heterocycles. The lowest BCUT2D eigenvalue weighted by molar-refractivity contribution is -0.136. The summed E-state index contributed by atoms with van der Waals surface area (Å²) in [6, 6.07) is 10.9. The monoisotopic (exact) mass is 593 g/mol. The first-order chi connectivity index (χ1) is 21.4. The molecule has 2 saturated heterocycles. The van der Waals surface area contributed by atoms with Gasteiger partial charge in [0, 0.05) is 49.4 Å². The minimum Gasteiger partial charge on any atom is -0.385 e. The van der Waals surface area contributed by atoms with Crippen LogP contribution in [0, 0.1) is 5.92 Å². The van der Waals surface area contributed by atoms with E-state index >= 15 is 0 Å². The van der Waals surface area contributed by atoms with E-state index in [-0.39, 0.29) is 29.9 Å². The van der Waals surface area contributed by atoms with Gasteiger partial charge in [-0.05, 0) is 81.2 Å². The molecule has 8 rings (SSSR count). The van der Waals surface area contributed by atoms with E-state index in [4.69, 9.17) is 10.1 Å². The Bertz CT molecular complexity index is 1680. The Morgan fingerprint density at radius 3 is 2.48 bits per heavy atom. The van der Waals surface area contributed by atoms with Gasteiger partial charge in [0.15, 0.2) is 0 Å². The van der Waals surface area contributed by atoms with Crippen LogP contribution >= 0.6 is 0 Å². The Kier molecular flexibility index (Phi) is 6.50. The maximum atomic E-state index is 13.2. The number of nitrogens with zero attached hydrogens (tertiary/aromatic N) is 5. The average Bonchev–Trinajstić information content (AvgIpc) is 3.41. The van der Waals surface area contributed by atoms with E-state index in [1.54, 1.807) is 18.2 Å². The molecule has 0 bridgehead atoms. The van der Waals surface area contributed by atoms with Crippen LogP contribution in [0.4, 0.5) is 11.5 Å². The highest BCUT2D eigenvalue weighted by molar-refractivity contribution is 6.23. The normalized spacial score (nSPS) is 24.9. The van der Waals surface area contributed by atoms with Crippen LogP contribution in [0.1, 0.15) is 89.7 Å². The van der Waals surface area contributed by atoms with Crippen molar-refractivity contribution < 1.29 is 19.2 Å². The van der Waals surface area contributed by atoms with E-state index in [2.05, 4.69) is 44.6 Å². The fourth-order valence-corrected chi connectivity index (χ4v) is 7.07. The first kappa shape index (κ1) is 27.0. The number of fused-ring (bicyclic) bond motifs is 1. The number of rotatable bonds is 8. The van der Waals surface area contributed by atoms with Crippen molar-refractivity contribution in [3.8, 4) is 11.3 Å². The lowest BCUT2D eigenvalue weighted by Crippen LogP contribution is -2.54. The van der Waals surface area contributed by atoms with Gasteiger partial charge in [-0.2, -0.15) is 5.10 Å². The summed E-state index contributed by atoms with van der Waals surface area (Å²) >= 11 is 0. The van der Waals surface area contributed by atoms with Gasteiger partial charge in [0.2, 0.25) is 11.8 Å². The van der Waals surface area contributed by atoms with Crippen LogP contribution < -0.4 is 15.5 Å². The molecule has 5 aliphatic rings. The summed E-state index contributed by atoms with van der Waals surface area (Å²) in [5, 5.41) is 10.8. The van der Waals surface area contributed by atoms with Crippen LogP contribution in [0.15, 0.2) is 42.6 Å². The number of carbonyl (C=O) groups excluding carboxylic acids is 4. The molecule has 44 heavy (non-hydrogen) atoms. The molecule has 0 spiro atoms. The first-order valence-electron chi connectivity index (χ1n) is 15.8. The summed E-state index contributed by atoms with van der Waals surface area (Å²) in [6.45, 7) is 2.89. The van der Waals surface area contributed by atoms with Crippen molar-refractivity contribution in [2.45, 2.75) is 69.4 Å². The Balaban J connectivity index is 0.911. The summed E-state index contributed by atoms with van der Waals surface area (Å²) in [5.41, 5.74) is 4.70. The molecule has 1 atom stereocenters. The van der Waals surface area contributed by atoms with Gasteiger partial charge in [-0.25, -0.2) is 4.98 Å². The molecule has 11 heteroatoms. The van der Waals surface area contributed by atoms with Gasteiger partial charge < -0.3 is 10.2 Å². The highest BCUT2D eigenvalue weighted by atomic mass is 16.2. The maximum Gasteiger partial charge on any atom is 0.262 e. The molecule has 2 aliphatic carbocycles. The third kappa shape index (κ3) is 4.74. The number of amides is 4. The van der Waals surface area contributed by atoms with Gasteiger partial charge in [0.05, 0.1) is 28.6 Å². The number of carbonyl (C=O) groups is 4. The highest BCUT2D eigenvalue weighted by Crippen LogP contribution is 2.46. The molecule has 1 unspecified atom stereocenters. The van der Waals surface area contributed by atoms with Crippen molar-refractivity contribution in [2.24, 2.45) is 5.92 Å². The third-order valence-corrected chi connectivity index (χ3v) is 9.78. The predicted octanol–water partition coefficient (Wildman–Crippen LogP) is 3.89. The van der Waals surface area contributed by atoms with Crippen LogP contribution in [0.3, 0.4) is 0 Å². The summed E-state index contributed by atoms with van der Waals surface area (Å²) in [7, 11) is 0. The highest BCUT2D eigenvalue weighted by Gasteiger charge is 2.44. The van der Waals surface area contributed by atoms with E-state index in [9.17, 15) is 19.2 Å². The van der Waals surface area contributed by atoms with Crippen LogP contribution in [-0.2, 0) is 9.59 Å². The largest absolute Gasteiger partial charge is 0.385 e. The molecule has 3 aliphatic heterocycles. The van der Waals surface area contributed by atoms with Gasteiger partial charge >= 0.3 is 0 Å². The summed E-state index contributed by atoms with van der Waals surface area (Å²) in [5.74, 6) is 0.0760. The number of hydrogen-bond donors (Lipinski definition) is 2. The van der Waals surface area contributed by atoms with Crippen molar-refractivity contribution in [3.05, 3.63) is 59.4 Å². The molecule has 4 amide bonds. The Morgan fingerprint density at radius 1 is 0.909 bits per heavy atom. The van der Waals surface area contributed by atoms with Gasteiger partial charge in [-0.3, -0.25) is 34.1 Å². The topological polar surface area (TPSA) is 130 Å². The number of piperidine rings is 1. The fourth-order valence-electron chi connectivity index (χ4n) is 7.07. The van der Waals surface area contributed by atoms with Gasteiger partial charge in [-0.15, -0.1) is 0 Å². The van der Waals surface area contributed by atoms with E-state index in [1.807, 2.05) is 0 Å². The summed E-state index contributed by atoms with van der Waals surface area (Å²) < 4.78 is 2.16. The smallest absolute Gasteiger partial charge is 0.262 e. The maximum absolute atomic E-state index is 13.2.